The fourth-order valence-electron chi connectivity index (χ4n) is 2.64. The molecule has 0 saturated heterocycles. The van der Waals surface area contributed by atoms with Crippen LogP contribution >= 0.6 is 12.2 Å². The number of carbonyl (C=O) groups is 2. The maximum Gasteiger partial charge on any atom is 0.261 e. The first-order valence-electron chi connectivity index (χ1n) is 10.0. The Morgan fingerprint density at radius 2 is 1.57 bits per heavy atom. The van der Waals surface area contributed by atoms with Crippen LogP contribution < -0.4 is 20.7 Å². The van der Waals surface area contributed by atoms with Crippen molar-refractivity contribution in [1.29, 1.82) is 0 Å². The number of anilines is 1. The molecule has 0 heterocycles. The van der Waals surface area contributed by atoms with E-state index >= 15 is 0 Å². The molecule has 30 heavy (non-hydrogen) atoms. The average molecular weight is 428 g/mol. The topological polar surface area (TPSA) is 79.5 Å². The van der Waals surface area contributed by atoms with Crippen molar-refractivity contribution in [3.05, 3.63) is 59.7 Å². The number of para-hydroxylation sites is 2. The van der Waals surface area contributed by atoms with Gasteiger partial charge in [-0.1, -0.05) is 38.1 Å². The van der Waals surface area contributed by atoms with Gasteiger partial charge in [-0.05, 0) is 62.7 Å². The molecule has 3 N–H and O–H groups in total. The van der Waals surface area contributed by atoms with Crippen LogP contribution in [-0.4, -0.2) is 29.6 Å². The lowest BCUT2D eigenvalue weighted by atomic mass is 10.1. The van der Waals surface area contributed by atoms with Gasteiger partial charge in [-0.3, -0.25) is 14.9 Å². The van der Waals surface area contributed by atoms with Crippen molar-refractivity contribution in [3.63, 3.8) is 0 Å². The Morgan fingerprint density at radius 3 is 2.23 bits per heavy atom. The van der Waals surface area contributed by atoms with Crippen LogP contribution in [-0.2, 0) is 0 Å². The van der Waals surface area contributed by atoms with E-state index in [1.165, 1.54) is 0 Å². The third-order valence-electron chi connectivity index (χ3n) is 4.15. The number of hydrogen-bond acceptors (Lipinski definition) is 4. The van der Waals surface area contributed by atoms with Crippen LogP contribution in [0.25, 0.3) is 0 Å². The molecule has 160 valence electrons. The molecule has 0 atom stereocenters. The van der Waals surface area contributed by atoms with Crippen LogP contribution in [0.4, 0.5) is 5.69 Å². The maximum absolute atomic E-state index is 12.7. The number of amides is 2. The van der Waals surface area contributed by atoms with Crippen molar-refractivity contribution in [2.75, 3.05) is 11.9 Å². The van der Waals surface area contributed by atoms with Gasteiger partial charge < -0.3 is 15.4 Å². The normalized spacial score (nSPS) is 10.6. The van der Waals surface area contributed by atoms with Gasteiger partial charge in [-0.25, -0.2) is 0 Å². The molecular weight excluding hydrogens is 398 g/mol. The second-order valence-corrected chi connectivity index (χ2v) is 8.02. The minimum atomic E-state index is -0.378. The molecule has 2 rings (SSSR count). The van der Waals surface area contributed by atoms with Crippen molar-refractivity contribution < 1.29 is 14.3 Å². The zero-order valence-corrected chi connectivity index (χ0v) is 18.6. The Morgan fingerprint density at radius 1 is 0.933 bits per heavy atom. The van der Waals surface area contributed by atoms with E-state index in [0.717, 1.165) is 6.42 Å². The van der Waals surface area contributed by atoms with Crippen molar-refractivity contribution >= 4 is 34.8 Å². The second-order valence-electron chi connectivity index (χ2n) is 7.61. The van der Waals surface area contributed by atoms with Gasteiger partial charge in [-0.2, -0.15) is 0 Å². The molecule has 0 fully saturated rings. The molecule has 2 aromatic carbocycles. The van der Waals surface area contributed by atoms with Gasteiger partial charge in [0.05, 0.1) is 23.4 Å². The largest absolute Gasteiger partial charge is 0.493 e. The molecule has 0 radical (unpaired) electrons. The van der Waals surface area contributed by atoms with E-state index in [2.05, 4.69) is 29.8 Å². The Balaban J connectivity index is 2.06. The van der Waals surface area contributed by atoms with Crippen LogP contribution in [0.2, 0.25) is 0 Å². The molecule has 7 heteroatoms. The molecule has 0 saturated carbocycles. The fraction of sp³-hybridized carbons (Fsp3) is 0.348. The van der Waals surface area contributed by atoms with Crippen LogP contribution in [0.1, 0.15) is 54.8 Å². The number of thiocarbonyl (C=S) groups is 1. The summed E-state index contributed by atoms with van der Waals surface area (Å²) in [5, 5.41) is 8.55. The predicted molar refractivity (Wildman–Crippen MR) is 124 cm³/mol. The summed E-state index contributed by atoms with van der Waals surface area (Å²) in [5.41, 5.74) is 1.36. The van der Waals surface area contributed by atoms with E-state index in [9.17, 15) is 9.59 Å². The number of benzene rings is 2. The zero-order valence-electron chi connectivity index (χ0n) is 17.8. The van der Waals surface area contributed by atoms with Gasteiger partial charge in [0, 0.05) is 6.04 Å². The van der Waals surface area contributed by atoms with Crippen LogP contribution in [0.15, 0.2) is 48.5 Å². The first-order valence-corrected chi connectivity index (χ1v) is 10.4. The molecule has 6 nitrogen and oxygen atoms in total. The van der Waals surface area contributed by atoms with Crippen LogP contribution in [0, 0.1) is 5.92 Å². The Kier molecular flexibility index (Phi) is 8.80. The van der Waals surface area contributed by atoms with E-state index in [0.29, 0.717) is 35.1 Å². The summed E-state index contributed by atoms with van der Waals surface area (Å²) < 4.78 is 5.78. The molecule has 0 aliphatic carbocycles. The summed E-state index contributed by atoms with van der Waals surface area (Å²) in [6, 6.07) is 14.0. The van der Waals surface area contributed by atoms with Crippen LogP contribution in [0.3, 0.4) is 0 Å². The predicted octanol–water partition coefficient (Wildman–Crippen LogP) is 4.38. The highest BCUT2D eigenvalue weighted by Gasteiger charge is 2.16. The quantitative estimate of drug-likeness (QED) is 0.545. The highest BCUT2D eigenvalue weighted by atomic mass is 32.1. The van der Waals surface area contributed by atoms with Gasteiger partial charge in [-0.15, -0.1) is 0 Å². The molecule has 0 bridgehead atoms. The lowest BCUT2D eigenvalue weighted by Gasteiger charge is -2.16. The van der Waals surface area contributed by atoms with Crippen molar-refractivity contribution in [1.82, 2.24) is 10.6 Å². The SMILES string of the molecule is CC(C)CCOc1ccccc1C(=O)NC(=S)Nc1ccccc1C(=O)NC(C)C. The number of ether oxygens (including phenoxy) is 1. The fourth-order valence-corrected chi connectivity index (χ4v) is 2.84. The number of carbonyl (C=O) groups excluding carboxylic acids is 2. The van der Waals surface area contributed by atoms with Crippen molar-refractivity contribution in [2.24, 2.45) is 5.92 Å². The van der Waals surface area contributed by atoms with Crippen molar-refractivity contribution in [2.45, 2.75) is 40.2 Å². The van der Waals surface area contributed by atoms with Crippen molar-refractivity contribution in [3.8, 4) is 5.75 Å². The molecule has 0 unspecified atom stereocenters. The highest BCUT2D eigenvalue weighted by Crippen LogP contribution is 2.19. The van der Waals surface area contributed by atoms with Gasteiger partial charge in [0.1, 0.15) is 5.75 Å². The molecule has 0 spiro atoms. The molecule has 2 aromatic rings. The van der Waals surface area contributed by atoms with Gasteiger partial charge in [0.2, 0.25) is 0 Å². The van der Waals surface area contributed by atoms with Gasteiger partial charge in [0.15, 0.2) is 5.11 Å². The molecule has 0 aromatic heterocycles. The first-order chi connectivity index (χ1) is 14.3. The monoisotopic (exact) mass is 427 g/mol. The number of rotatable bonds is 8. The molecule has 0 aliphatic rings. The third-order valence-corrected chi connectivity index (χ3v) is 4.36. The van der Waals surface area contributed by atoms with Gasteiger partial charge in [0.25, 0.3) is 11.8 Å². The number of hydrogen-bond donors (Lipinski definition) is 3. The Labute approximate surface area is 183 Å². The van der Waals surface area contributed by atoms with E-state index in [4.69, 9.17) is 17.0 Å². The summed E-state index contributed by atoms with van der Waals surface area (Å²) in [4.78, 5) is 25.1. The van der Waals surface area contributed by atoms with E-state index in [-0.39, 0.29) is 23.0 Å². The third kappa shape index (κ3) is 7.15. The summed E-state index contributed by atoms with van der Waals surface area (Å²) in [7, 11) is 0. The maximum atomic E-state index is 12.7. The minimum absolute atomic E-state index is 0.00408. The van der Waals surface area contributed by atoms with E-state index < -0.39 is 0 Å². The Bertz CT molecular complexity index is 897. The lowest BCUT2D eigenvalue weighted by Crippen LogP contribution is -2.35. The second kappa shape index (κ2) is 11.3. The summed E-state index contributed by atoms with van der Waals surface area (Å²) in [6.07, 6.45) is 0.894. The minimum Gasteiger partial charge on any atom is -0.493 e. The standard InChI is InChI=1S/C23H29N3O3S/c1-15(2)13-14-29-20-12-8-6-10-18(20)22(28)26-23(30)25-19-11-7-5-9-17(19)21(27)24-16(3)4/h5-12,15-16H,13-14H2,1-4H3,(H,24,27)(H2,25,26,28,30). The Hall–Kier alpha value is -2.93. The summed E-state index contributed by atoms with van der Waals surface area (Å²) in [6.45, 7) is 8.54. The van der Waals surface area contributed by atoms with E-state index in [1.807, 2.05) is 19.9 Å². The first kappa shape index (κ1) is 23.3. The molecule has 0 aliphatic heterocycles. The highest BCUT2D eigenvalue weighted by molar-refractivity contribution is 7.80. The molecule has 2 amide bonds. The van der Waals surface area contributed by atoms with E-state index in [1.54, 1.807) is 42.5 Å². The average Bonchev–Trinajstić information content (AvgIpc) is 2.67. The zero-order chi connectivity index (χ0) is 22.1. The lowest BCUT2D eigenvalue weighted by molar-refractivity contribution is 0.0942. The summed E-state index contributed by atoms with van der Waals surface area (Å²) >= 11 is 5.30. The van der Waals surface area contributed by atoms with Gasteiger partial charge >= 0.3 is 0 Å². The van der Waals surface area contributed by atoms with Crippen LogP contribution in [0.5, 0.6) is 5.75 Å². The smallest absolute Gasteiger partial charge is 0.261 e. The summed E-state index contributed by atoms with van der Waals surface area (Å²) in [5.74, 6) is 0.425. The number of nitrogens with one attached hydrogen (secondary N) is 3. The molecular formula is C23H29N3O3S.